The average Bonchev–Trinajstić information content (AvgIpc) is 3.31. The van der Waals surface area contributed by atoms with Crippen molar-refractivity contribution in [1.82, 2.24) is 30.0 Å². The van der Waals surface area contributed by atoms with Crippen molar-refractivity contribution in [2.75, 3.05) is 70.8 Å². The number of nitrogens with one attached hydrogen (secondary N) is 2. The Hall–Kier alpha value is -3.92. The molecule has 15 heteroatoms. The Kier molecular flexibility index (Phi) is 11.8. The quantitative estimate of drug-likeness (QED) is 0.235. The number of anilines is 1. The topological polar surface area (TPSA) is 158 Å². The molecule has 4 heterocycles. The number of phenolic OH excluding ortho intramolecular Hbond substituents is 1. The lowest BCUT2D eigenvalue weighted by Gasteiger charge is -2.43. The van der Waals surface area contributed by atoms with E-state index in [9.17, 15) is 24.3 Å². The maximum absolute atomic E-state index is 14.0. The largest absolute Gasteiger partial charge is 0.507 e. The molecule has 4 aliphatic rings. The van der Waals surface area contributed by atoms with E-state index >= 15 is 0 Å². The summed E-state index contributed by atoms with van der Waals surface area (Å²) in [6, 6.07) is 13.0. The van der Waals surface area contributed by atoms with Gasteiger partial charge in [-0.3, -0.25) is 24.6 Å². The van der Waals surface area contributed by atoms with Gasteiger partial charge in [0.05, 0.1) is 11.0 Å². The van der Waals surface area contributed by atoms with E-state index in [2.05, 4.69) is 26.1 Å². The number of fused-ring (bicyclic) bond motifs is 1. The maximum Gasteiger partial charge on any atom is 0.410 e. The van der Waals surface area contributed by atoms with Crippen molar-refractivity contribution in [3.63, 3.8) is 0 Å². The SMILES string of the molecule is O=C(CN1CCN(C2CCN(C(=O)[C@@H](Cc3ccc(O)c(Br)c3)OC(=O)N3CCC(N4CCc5ccccc5NC4=O)CC3)CC2)CC1)NO. The van der Waals surface area contributed by atoms with Gasteiger partial charge in [0.25, 0.3) is 11.8 Å². The highest BCUT2D eigenvalue weighted by atomic mass is 79.9. The third kappa shape index (κ3) is 8.68. The third-order valence-corrected chi connectivity index (χ3v) is 11.1. The van der Waals surface area contributed by atoms with Crippen LogP contribution in [0.25, 0.3) is 0 Å². The number of piperidine rings is 2. The number of hydrogen-bond donors (Lipinski definition) is 4. The molecule has 5 amide bonds. The Morgan fingerprint density at radius 2 is 1.58 bits per heavy atom. The first-order chi connectivity index (χ1) is 24.2. The molecule has 14 nitrogen and oxygen atoms in total. The lowest BCUT2D eigenvalue weighted by Crippen LogP contribution is -2.56. The molecule has 0 aromatic heterocycles. The van der Waals surface area contributed by atoms with Crippen LogP contribution in [-0.4, -0.2) is 142 Å². The zero-order valence-corrected chi connectivity index (χ0v) is 29.7. The van der Waals surface area contributed by atoms with Crippen LogP contribution in [-0.2, 0) is 27.2 Å². The van der Waals surface area contributed by atoms with E-state index in [0.717, 1.165) is 62.3 Å². The molecule has 0 radical (unpaired) electrons. The number of rotatable bonds is 8. The van der Waals surface area contributed by atoms with Crippen LogP contribution in [0.1, 0.15) is 36.8 Å². The highest BCUT2D eigenvalue weighted by Gasteiger charge is 2.36. The Morgan fingerprint density at radius 1 is 0.900 bits per heavy atom. The molecule has 1 atom stereocenters. The van der Waals surface area contributed by atoms with Crippen molar-refractivity contribution >= 4 is 45.6 Å². The molecule has 2 aromatic rings. The van der Waals surface area contributed by atoms with E-state index in [4.69, 9.17) is 9.94 Å². The number of carbonyl (C=O) groups is 4. The molecule has 4 aliphatic heterocycles. The van der Waals surface area contributed by atoms with Crippen LogP contribution in [0, 0.1) is 0 Å². The number of hydrogen-bond acceptors (Lipinski definition) is 9. The number of likely N-dealkylation sites (tertiary alicyclic amines) is 2. The fourth-order valence-corrected chi connectivity index (χ4v) is 7.97. The van der Waals surface area contributed by atoms with E-state index in [1.807, 2.05) is 34.1 Å². The van der Waals surface area contributed by atoms with Crippen molar-refractivity contribution in [2.24, 2.45) is 0 Å². The molecule has 0 bridgehead atoms. The van der Waals surface area contributed by atoms with Crippen molar-refractivity contribution in [2.45, 2.75) is 56.7 Å². The normalized spacial score (nSPS) is 20.4. The van der Waals surface area contributed by atoms with Gasteiger partial charge in [-0.05, 0) is 77.4 Å². The maximum atomic E-state index is 14.0. The number of piperazine rings is 1. The first kappa shape index (κ1) is 35.9. The Morgan fingerprint density at radius 3 is 2.28 bits per heavy atom. The summed E-state index contributed by atoms with van der Waals surface area (Å²) < 4.78 is 6.49. The summed E-state index contributed by atoms with van der Waals surface area (Å²) in [7, 11) is 0. The van der Waals surface area contributed by atoms with E-state index in [1.54, 1.807) is 33.5 Å². The number of amides is 5. The van der Waals surface area contributed by atoms with Crippen LogP contribution >= 0.6 is 15.9 Å². The number of urea groups is 1. The van der Waals surface area contributed by atoms with Gasteiger partial charge in [-0.1, -0.05) is 24.3 Å². The van der Waals surface area contributed by atoms with E-state index in [-0.39, 0.29) is 36.7 Å². The Bertz CT molecular complexity index is 1540. The highest BCUT2D eigenvalue weighted by molar-refractivity contribution is 9.10. The average molecular weight is 757 g/mol. The van der Waals surface area contributed by atoms with E-state index in [0.29, 0.717) is 56.1 Å². The van der Waals surface area contributed by atoms with Crippen molar-refractivity contribution in [3.05, 3.63) is 58.1 Å². The van der Waals surface area contributed by atoms with Gasteiger partial charge in [-0.25, -0.2) is 15.1 Å². The Balaban J connectivity index is 1.04. The van der Waals surface area contributed by atoms with Gasteiger partial charge in [-0.2, -0.15) is 0 Å². The second kappa shape index (κ2) is 16.4. The molecule has 3 fully saturated rings. The van der Waals surface area contributed by atoms with Gasteiger partial charge in [0.1, 0.15) is 5.75 Å². The summed E-state index contributed by atoms with van der Waals surface area (Å²) in [6.07, 6.45) is 2.14. The van der Waals surface area contributed by atoms with Crippen LogP contribution in [0.2, 0.25) is 0 Å². The summed E-state index contributed by atoms with van der Waals surface area (Å²) >= 11 is 3.35. The molecule has 6 rings (SSSR count). The fraction of sp³-hybridized carbons (Fsp3) is 0.543. The number of halogens is 1. The van der Waals surface area contributed by atoms with E-state index < -0.39 is 18.1 Å². The minimum atomic E-state index is -1.04. The Labute approximate surface area is 300 Å². The second-order valence-electron chi connectivity index (χ2n) is 13.5. The zero-order valence-electron chi connectivity index (χ0n) is 28.1. The number of aromatic hydroxyl groups is 1. The molecule has 0 unspecified atom stereocenters. The molecule has 2 aromatic carbocycles. The van der Waals surface area contributed by atoms with Crippen LogP contribution in [0.3, 0.4) is 0 Å². The lowest BCUT2D eigenvalue weighted by molar-refractivity contribution is -0.142. The van der Waals surface area contributed by atoms with Gasteiger partial charge in [-0.15, -0.1) is 0 Å². The number of benzene rings is 2. The minimum absolute atomic E-state index is 0.00977. The number of carbonyl (C=O) groups excluding carboxylic acids is 4. The van der Waals surface area contributed by atoms with Gasteiger partial charge < -0.3 is 29.9 Å². The van der Waals surface area contributed by atoms with E-state index in [1.165, 1.54) is 0 Å². The van der Waals surface area contributed by atoms with Gasteiger partial charge >= 0.3 is 12.1 Å². The number of phenols is 1. The minimum Gasteiger partial charge on any atom is -0.507 e. The summed E-state index contributed by atoms with van der Waals surface area (Å²) in [5.41, 5.74) is 4.38. The second-order valence-corrected chi connectivity index (χ2v) is 14.4. The van der Waals surface area contributed by atoms with Crippen LogP contribution in [0.15, 0.2) is 46.9 Å². The van der Waals surface area contributed by atoms with Crippen LogP contribution < -0.4 is 10.8 Å². The third-order valence-electron chi connectivity index (χ3n) is 10.4. The fourth-order valence-electron chi connectivity index (χ4n) is 7.55. The smallest absolute Gasteiger partial charge is 0.410 e. The first-order valence-corrected chi connectivity index (χ1v) is 18.2. The molecular formula is C35H46BrN7O7. The first-order valence-electron chi connectivity index (χ1n) is 17.4. The van der Waals surface area contributed by atoms with Crippen molar-refractivity contribution in [1.29, 1.82) is 0 Å². The molecule has 4 N–H and O–H groups in total. The van der Waals surface area contributed by atoms with Gasteiger partial charge in [0.15, 0.2) is 6.10 Å². The molecule has 0 spiro atoms. The summed E-state index contributed by atoms with van der Waals surface area (Å²) in [5, 5.41) is 21.9. The van der Waals surface area contributed by atoms with Gasteiger partial charge in [0.2, 0.25) is 0 Å². The van der Waals surface area contributed by atoms with Gasteiger partial charge in [0, 0.05) is 83.1 Å². The summed E-state index contributed by atoms with van der Waals surface area (Å²) in [5.74, 6) is -0.576. The molecule has 0 saturated carbocycles. The molecule has 0 aliphatic carbocycles. The highest BCUT2D eigenvalue weighted by Crippen LogP contribution is 2.28. The monoisotopic (exact) mass is 755 g/mol. The molecule has 50 heavy (non-hydrogen) atoms. The number of hydroxylamine groups is 1. The number of nitrogens with zero attached hydrogens (tertiary/aromatic N) is 5. The van der Waals surface area contributed by atoms with Crippen molar-refractivity contribution in [3.8, 4) is 5.75 Å². The number of para-hydroxylation sites is 1. The summed E-state index contributed by atoms with van der Waals surface area (Å²) in [6.45, 7) is 5.73. The predicted molar refractivity (Wildman–Crippen MR) is 188 cm³/mol. The van der Waals surface area contributed by atoms with Crippen molar-refractivity contribution < 1.29 is 34.2 Å². The number of ether oxygens (including phenoxy) is 1. The zero-order chi connectivity index (χ0) is 35.2. The predicted octanol–water partition coefficient (Wildman–Crippen LogP) is 2.87. The summed E-state index contributed by atoms with van der Waals surface area (Å²) in [4.78, 5) is 61.9. The standard InChI is InChI=1S/C35H46BrN7O7/c36-28-21-24(5-6-30(28)44)22-31(33(46)41-12-8-26(9-13-41)40-19-17-39(18-20-40)23-32(45)38-49)50-35(48)42-14-10-27(11-15-42)43-16-7-25-3-1-2-4-29(25)37-34(43)47/h1-6,21,26-27,31,44,49H,7-20,22-23H2,(H,37,47)(H,38,45)/t31-/m1/s1. The molecule has 270 valence electrons. The lowest BCUT2D eigenvalue weighted by atomic mass is 10.0. The molecular weight excluding hydrogens is 710 g/mol. The van der Waals surface area contributed by atoms with Crippen LogP contribution in [0.5, 0.6) is 5.75 Å². The van der Waals surface area contributed by atoms with Crippen LogP contribution in [0.4, 0.5) is 15.3 Å². The molecule has 3 saturated heterocycles.